The molecular weight excluding hydrogens is 316 g/mol. The van der Waals surface area contributed by atoms with E-state index < -0.39 is 16.0 Å². The summed E-state index contributed by atoms with van der Waals surface area (Å²) < 4.78 is 27.3. The number of aromatic nitrogens is 1. The Labute approximate surface area is 132 Å². The van der Waals surface area contributed by atoms with Crippen LogP contribution in [0.1, 0.15) is 10.5 Å². The molecule has 0 atom stereocenters. The molecule has 1 aromatic heterocycles. The van der Waals surface area contributed by atoms with Gasteiger partial charge in [0.25, 0.3) is 10.0 Å². The Morgan fingerprint density at radius 1 is 1.00 bits per heavy atom. The number of sulfonamides is 1. The number of benzene rings is 2. The number of carboxylic acids is 1. The van der Waals surface area contributed by atoms with Gasteiger partial charge in [0, 0.05) is 6.20 Å². The molecule has 0 aliphatic rings. The van der Waals surface area contributed by atoms with E-state index in [4.69, 9.17) is 5.11 Å². The van der Waals surface area contributed by atoms with Crippen LogP contribution < -0.4 is 4.72 Å². The molecule has 23 heavy (non-hydrogen) atoms. The molecule has 0 saturated carbocycles. The Kier molecular flexibility index (Phi) is 3.71. The van der Waals surface area contributed by atoms with Crippen molar-refractivity contribution >= 4 is 32.5 Å². The first-order valence-corrected chi connectivity index (χ1v) is 8.16. The van der Waals surface area contributed by atoms with Crippen molar-refractivity contribution in [2.75, 3.05) is 4.72 Å². The molecule has 2 aromatic carbocycles. The third-order valence-corrected chi connectivity index (χ3v) is 4.65. The van der Waals surface area contributed by atoms with Crippen LogP contribution in [0.4, 0.5) is 5.69 Å². The molecule has 0 amide bonds. The number of nitrogens with zero attached hydrogens (tertiary/aromatic N) is 1. The Morgan fingerprint density at radius 2 is 1.74 bits per heavy atom. The lowest BCUT2D eigenvalue weighted by Crippen LogP contribution is -2.16. The van der Waals surface area contributed by atoms with Crippen LogP contribution in [0.15, 0.2) is 65.7 Å². The number of hydrogen-bond acceptors (Lipinski definition) is 4. The number of nitrogens with one attached hydrogen (secondary N) is 1. The zero-order valence-corrected chi connectivity index (χ0v) is 12.6. The number of aromatic carboxylic acids is 1. The van der Waals surface area contributed by atoms with Gasteiger partial charge in [-0.1, -0.05) is 30.3 Å². The highest BCUT2D eigenvalue weighted by Gasteiger charge is 2.19. The summed E-state index contributed by atoms with van der Waals surface area (Å²) in [5.74, 6) is -1.30. The van der Waals surface area contributed by atoms with E-state index in [1.807, 2.05) is 18.2 Å². The number of carboxylic acid groups (broad SMARTS) is 1. The highest BCUT2D eigenvalue weighted by molar-refractivity contribution is 7.92. The van der Waals surface area contributed by atoms with E-state index in [1.165, 1.54) is 30.5 Å². The molecule has 3 aromatic rings. The zero-order valence-electron chi connectivity index (χ0n) is 11.8. The second-order valence-electron chi connectivity index (χ2n) is 4.82. The number of pyridine rings is 1. The normalized spacial score (nSPS) is 11.3. The Hall–Kier alpha value is -2.93. The van der Waals surface area contributed by atoms with Gasteiger partial charge in [0.2, 0.25) is 0 Å². The van der Waals surface area contributed by atoms with Crippen LogP contribution in [0.3, 0.4) is 0 Å². The summed E-state index contributed by atoms with van der Waals surface area (Å²) in [5, 5.41) is 10.8. The minimum atomic E-state index is -3.91. The van der Waals surface area contributed by atoms with Crippen molar-refractivity contribution in [2.45, 2.75) is 4.90 Å². The molecule has 0 aliphatic carbocycles. The summed E-state index contributed by atoms with van der Waals surface area (Å²) in [6.07, 6.45) is 1.29. The number of rotatable bonds is 4. The molecule has 0 aliphatic heterocycles. The molecule has 1 heterocycles. The van der Waals surface area contributed by atoms with E-state index in [9.17, 15) is 13.2 Å². The maximum absolute atomic E-state index is 12.5. The molecule has 0 radical (unpaired) electrons. The molecule has 7 heteroatoms. The lowest BCUT2D eigenvalue weighted by molar-refractivity contribution is 0.0692. The van der Waals surface area contributed by atoms with Crippen molar-refractivity contribution < 1.29 is 18.3 Å². The summed E-state index contributed by atoms with van der Waals surface area (Å²) in [6, 6.07) is 14.9. The second kappa shape index (κ2) is 5.69. The van der Waals surface area contributed by atoms with E-state index >= 15 is 0 Å². The lowest BCUT2D eigenvalue weighted by Gasteiger charge is -2.10. The lowest BCUT2D eigenvalue weighted by atomic mass is 10.1. The fourth-order valence-corrected chi connectivity index (χ4v) is 3.30. The third kappa shape index (κ3) is 3.00. The smallest absolute Gasteiger partial charge is 0.356 e. The Morgan fingerprint density at radius 3 is 2.48 bits per heavy atom. The standard InChI is InChI=1S/C16H12N2O4S/c19-16(20)15-14(6-3-9-17-15)18-23(21,22)13-8-7-11-4-1-2-5-12(11)10-13/h1-10,18H,(H,19,20). The fraction of sp³-hybridized carbons (Fsp3) is 0. The van der Waals surface area contributed by atoms with Crippen LogP contribution in [0.25, 0.3) is 10.8 Å². The summed E-state index contributed by atoms with van der Waals surface area (Å²) >= 11 is 0. The van der Waals surface area contributed by atoms with Gasteiger partial charge < -0.3 is 5.11 Å². The molecule has 2 N–H and O–H groups in total. The van der Waals surface area contributed by atoms with E-state index in [-0.39, 0.29) is 16.3 Å². The van der Waals surface area contributed by atoms with E-state index in [1.54, 1.807) is 12.1 Å². The van der Waals surface area contributed by atoms with Crippen molar-refractivity contribution in [3.63, 3.8) is 0 Å². The first-order valence-electron chi connectivity index (χ1n) is 6.67. The highest BCUT2D eigenvalue weighted by atomic mass is 32.2. The van der Waals surface area contributed by atoms with Gasteiger partial charge in [-0.25, -0.2) is 18.2 Å². The summed E-state index contributed by atoms with van der Waals surface area (Å²) in [5.41, 5.74) is -0.426. The van der Waals surface area contributed by atoms with Crippen LogP contribution in [-0.4, -0.2) is 24.5 Å². The van der Waals surface area contributed by atoms with Crippen molar-refractivity contribution in [1.82, 2.24) is 4.98 Å². The van der Waals surface area contributed by atoms with E-state index in [2.05, 4.69) is 9.71 Å². The van der Waals surface area contributed by atoms with Crippen molar-refractivity contribution in [2.24, 2.45) is 0 Å². The minimum absolute atomic E-state index is 0.0522. The summed E-state index contributed by atoms with van der Waals surface area (Å²) in [7, 11) is -3.91. The number of carbonyl (C=O) groups is 1. The van der Waals surface area contributed by atoms with Gasteiger partial charge in [-0.15, -0.1) is 0 Å². The molecule has 0 spiro atoms. The monoisotopic (exact) mass is 328 g/mol. The Bertz CT molecular complexity index is 1000. The average Bonchev–Trinajstić information content (AvgIpc) is 2.54. The number of hydrogen-bond donors (Lipinski definition) is 2. The van der Waals surface area contributed by atoms with Crippen LogP contribution in [0.2, 0.25) is 0 Å². The molecule has 3 rings (SSSR count). The fourth-order valence-electron chi connectivity index (χ4n) is 2.20. The van der Waals surface area contributed by atoms with Gasteiger partial charge in [0.15, 0.2) is 5.69 Å². The molecular formula is C16H12N2O4S. The maximum atomic E-state index is 12.5. The third-order valence-electron chi connectivity index (χ3n) is 3.29. The van der Waals surface area contributed by atoms with Crippen LogP contribution in [0, 0.1) is 0 Å². The van der Waals surface area contributed by atoms with Crippen LogP contribution >= 0.6 is 0 Å². The molecule has 0 saturated heterocycles. The van der Waals surface area contributed by atoms with Gasteiger partial charge in [-0.3, -0.25) is 4.72 Å². The van der Waals surface area contributed by atoms with Crippen molar-refractivity contribution in [3.05, 3.63) is 66.5 Å². The second-order valence-corrected chi connectivity index (χ2v) is 6.50. The first kappa shape index (κ1) is 15.0. The molecule has 0 fully saturated rings. The zero-order chi connectivity index (χ0) is 16.4. The SMILES string of the molecule is O=C(O)c1ncccc1NS(=O)(=O)c1ccc2ccccc2c1. The average molecular weight is 328 g/mol. The predicted molar refractivity (Wildman–Crippen MR) is 86.0 cm³/mol. The van der Waals surface area contributed by atoms with Gasteiger partial charge >= 0.3 is 5.97 Å². The molecule has 6 nitrogen and oxygen atoms in total. The van der Waals surface area contributed by atoms with Crippen LogP contribution in [-0.2, 0) is 10.0 Å². The van der Waals surface area contributed by atoms with Gasteiger partial charge in [0.05, 0.1) is 10.6 Å². The number of anilines is 1. The van der Waals surface area contributed by atoms with Gasteiger partial charge in [-0.2, -0.15) is 0 Å². The molecule has 0 bridgehead atoms. The van der Waals surface area contributed by atoms with Crippen molar-refractivity contribution in [3.8, 4) is 0 Å². The largest absolute Gasteiger partial charge is 0.476 e. The maximum Gasteiger partial charge on any atom is 0.356 e. The quantitative estimate of drug-likeness (QED) is 0.767. The van der Waals surface area contributed by atoms with Gasteiger partial charge in [-0.05, 0) is 35.0 Å². The number of fused-ring (bicyclic) bond motifs is 1. The predicted octanol–water partition coefficient (Wildman–Crippen LogP) is 2.73. The Balaban J connectivity index is 2.03. The highest BCUT2D eigenvalue weighted by Crippen LogP contribution is 2.22. The molecule has 116 valence electrons. The van der Waals surface area contributed by atoms with Crippen LogP contribution in [0.5, 0.6) is 0 Å². The van der Waals surface area contributed by atoms with Gasteiger partial charge in [0.1, 0.15) is 0 Å². The molecule has 0 unspecified atom stereocenters. The topological polar surface area (TPSA) is 96.4 Å². The summed E-state index contributed by atoms with van der Waals surface area (Å²) in [6.45, 7) is 0. The summed E-state index contributed by atoms with van der Waals surface area (Å²) in [4.78, 5) is 14.9. The van der Waals surface area contributed by atoms with Crippen molar-refractivity contribution in [1.29, 1.82) is 0 Å². The first-order chi connectivity index (χ1) is 11.0. The van der Waals surface area contributed by atoms with E-state index in [0.717, 1.165) is 10.8 Å². The van der Waals surface area contributed by atoms with E-state index in [0.29, 0.717) is 0 Å². The minimum Gasteiger partial charge on any atom is -0.476 e.